The Morgan fingerprint density at radius 3 is 2.73 bits per heavy atom. The number of benzene rings is 3. The van der Waals surface area contributed by atoms with Gasteiger partial charge in [-0.1, -0.05) is 54.6 Å². The van der Waals surface area contributed by atoms with Gasteiger partial charge in [0.1, 0.15) is 5.75 Å². The van der Waals surface area contributed by atoms with Gasteiger partial charge >= 0.3 is 6.03 Å². The van der Waals surface area contributed by atoms with Crippen LogP contribution in [0.5, 0.6) is 5.75 Å². The quantitative estimate of drug-likeness (QED) is 0.214. The first-order valence-electron chi connectivity index (χ1n) is 12.9. The van der Waals surface area contributed by atoms with Crippen LogP contribution in [-0.2, 0) is 4.79 Å². The number of amides is 3. The maximum absolute atomic E-state index is 13.6. The van der Waals surface area contributed by atoms with E-state index >= 15 is 0 Å². The van der Waals surface area contributed by atoms with Crippen LogP contribution in [0.2, 0.25) is 0 Å². The molecule has 0 saturated carbocycles. The van der Waals surface area contributed by atoms with Crippen LogP contribution in [0.25, 0.3) is 11.3 Å². The van der Waals surface area contributed by atoms with E-state index in [1.165, 1.54) is 23.1 Å². The molecule has 4 aromatic rings. The molecule has 6 rings (SSSR count). The van der Waals surface area contributed by atoms with E-state index in [9.17, 15) is 9.59 Å². The summed E-state index contributed by atoms with van der Waals surface area (Å²) in [6, 6.07) is 22.9. The summed E-state index contributed by atoms with van der Waals surface area (Å²) < 4.78 is 5.42. The zero-order valence-corrected chi connectivity index (χ0v) is 24.5. The van der Waals surface area contributed by atoms with Crippen LogP contribution >= 0.6 is 34.9 Å². The molecule has 2 atom stereocenters. The van der Waals surface area contributed by atoms with Crippen LogP contribution in [0.1, 0.15) is 0 Å². The SMILES string of the molecule is COc1ccccc1-c1csc(NC(=O)CSc2cccc(NC(=O)N3c4ccccc4SC4C=CC=CC43)c2)n1. The van der Waals surface area contributed by atoms with Gasteiger partial charge in [0.15, 0.2) is 5.13 Å². The number of fused-ring (bicyclic) bond motifs is 2. The number of rotatable bonds is 7. The third-order valence-corrected chi connectivity index (χ3v) is 9.61. The number of hydrogen-bond acceptors (Lipinski definition) is 7. The number of carbonyl (C=O) groups excluding carboxylic acids is 2. The standard InChI is InChI=1S/C31H26N4O3S3/c1-38-26-14-5-2-11-22(26)23-18-40-30(33-23)34-29(36)19-39-21-10-8-9-20(17-21)32-31(37)35-24-12-3-6-15-27(24)41-28-16-7-4-13-25(28)35/h2-18,24,27H,19H2,1H3,(H,32,37)(H,33,34,36). The van der Waals surface area contributed by atoms with Crippen molar-refractivity contribution in [2.24, 2.45) is 0 Å². The molecule has 1 aliphatic heterocycles. The van der Waals surface area contributed by atoms with Crippen LogP contribution in [0.3, 0.4) is 0 Å². The second-order valence-corrected chi connectivity index (χ2v) is 12.3. The molecule has 0 spiro atoms. The Hall–Kier alpha value is -3.99. The first-order valence-corrected chi connectivity index (χ1v) is 15.7. The molecule has 3 aromatic carbocycles. The lowest BCUT2D eigenvalue weighted by Gasteiger charge is -2.40. The zero-order valence-electron chi connectivity index (χ0n) is 22.0. The van der Waals surface area contributed by atoms with Crippen molar-refractivity contribution in [2.45, 2.75) is 21.1 Å². The molecule has 0 bridgehead atoms. The Morgan fingerprint density at radius 1 is 1.00 bits per heavy atom. The molecule has 2 unspecified atom stereocenters. The Kier molecular flexibility index (Phi) is 8.13. The van der Waals surface area contributed by atoms with Gasteiger partial charge in [0.2, 0.25) is 5.91 Å². The summed E-state index contributed by atoms with van der Waals surface area (Å²) in [5, 5.41) is 8.53. The van der Waals surface area contributed by atoms with Crippen molar-refractivity contribution in [1.29, 1.82) is 0 Å². The number of thiazole rings is 1. The molecule has 0 fully saturated rings. The Labute approximate surface area is 250 Å². The largest absolute Gasteiger partial charge is 0.496 e. The second kappa shape index (κ2) is 12.3. The minimum atomic E-state index is -0.192. The number of aromatic nitrogens is 1. The van der Waals surface area contributed by atoms with Crippen molar-refractivity contribution in [3.63, 3.8) is 0 Å². The molecule has 2 aliphatic rings. The van der Waals surface area contributed by atoms with Crippen LogP contribution in [0.4, 0.5) is 21.3 Å². The van der Waals surface area contributed by atoms with Crippen molar-refractivity contribution in [3.05, 3.63) is 102 Å². The summed E-state index contributed by atoms with van der Waals surface area (Å²) >= 11 is 4.54. The summed E-state index contributed by atoms with van der Waals surface area (Å²) in [6.07, 6.45) is 8.23. The monoisotopic (exact) mass is 598 g/mol. The summed E-state index contributed by atoms with van der Waals surface area (Å²) in [4.78, 5) is 34.6. The molecular weight excluding hydrogens is 573 g/mol. The fourth-order valence-electron chi connectivity index (χ4n) is 4.69. The smallest absolute Gasteiger partial charge is 0.326 e. The van der Waals surface area contributed by atoms with Crippen LogP contribution in [0.15, 0.2) is 112 Å². The molecule has 1 aromatic heterocycles. The summed E-state index contributed by atoms with van der Waals surface area (Å²) in [5.74, 6) is 0.780. The molecule has 206 valence electrons. The first-order chi connectivity index (χ1) is 20.1. The molecule has 3 amide bonds. The summed E-state index contributed by atoms with van der Waals surface area (Å²) in [7, 11) is 1.62. The predicted molar refractivity (Wildman–Crippen MR) is 170 cm³/mol. The molecule has 2 N–H and O–H groups in total. The Morgan fingerprint density at radius 2 is 1.83 bits per heavy atom. The average molecular weight is 599 g/mol. The molecular formula is C31H26N4O3S3. The molecule has 7 nitrogen and oxygen atoms in total. The third-order valence-electron chi connectivity index (χ3n) is 6.55. The number of anilines is 3. The van der Waals surface area contributed by atoms with Crippen molar-refractivity contribution < 1.29 is 14.3 Å². The van der Waals surface area contributed by atoms with Crippen molar-refractivity contribution in [3.8, 4) is 17.0 Å². The topological polar surface area (TPSA) is 83.6 Å². The number of methoxy groups -OCH3 is 1. The molecule has 41 heavy (non-hydrogen) atoms. The third kappa shape index (κ3) is 6.04. The molecule has 0 saturated heterocycles. The van der Waals surface area contributed by atoms with Crippen LogP contribution in [-0.4, -0.2) is 41.1 Å². The highest BCUT2D eigenvalue weighted by molar-refractivity contribution is 8.00. The lowest BCUT2D eigenvalue weighted by atomic mass is 10.1. The van der Waals surface area contributed by atoms with Crippen molar-refractivity contribution in [1.82, 2.24) is 4.98 Å². The van der Waals surface area contributed by atoms with Gasteiger partial charge in [0.25, 0.3) is 0 Å². The number of allylic oxidation sites excluding steroid dienone is 2. The fraction of sp³-hybridized carbons (Fsp3) is 0.129. The number of carbonyl (C=O) groups is 2. The lowest BCUT2D eigenvalue weighted by molar-refractivity contribution is -0.113. The van der Waals surface area contributed by atoms with Gasteiger partial charge in [-0.3, -0.25) is 9.69 Å². The van der Waals surface area contributed by atoms with Crippen LogP contribution in [0, 0.1) is 0 Å². The highest BCUT2D eigenvalue weighted by Crippen LogP contribution is 2.43. The molecule has 1 aliphatic carbocycles. The van der Waals surface area contributed by atoms with Gasteiger partial charge in [-0.2, -0.15) is 0 Å². The Balaban J connectivity index is 1.09. The fourth-order valence-corrected chi connectivity index (χ4v) is 7.43. The molecule has 2 heterocycles. The van der Waals surface area contributed by atoms with E-state index < -0.39 is 0 Å². The summed E-state index contributed by atoms with van der Waals surface area (Å²) in [6.45, 7) is 0. The zero-order chi connectivity index (χ0) is 28.2. The normalized spacial score (nSPS) is 17.0. The van der Waals surface area contributed by atoms with Gasteiger partial charge < -0.3 is 15.4 Å². The number of nitrogens with zero attached hydrogens (tertiary/aromatic N) is 2. The van der Waals surface area contributed by atoms with E-state index in [0.717, 1.165) is 32.5 Å². The van der Waals surface area contributed by atoms with E-state index in [-0.39, 0.29) is 29.0 Å². The average Bonchev–Trinajstić information content (AvgIpc) is 3.47. The van der Waals surface area contributed by atoms with Gasteiger partial charge in [-0.25, -0.2) is 9.78 Å². The number of nitrogens with one attached hydrogen (secondary N) is 2. The van der Waals surface area contributed by atoms with E-state index in [2.05, 4.69) is 33.8 Å². The van der Waals surface area contributed by atoms with Gasteiger partial charge in [0, 0.05) is 26.4 Å². The predicted octanol–water partition coefficient (Wildman–Crippen LogP) is 7.56. The molecule has 0 radical (unpaired) electrons. The second-order valence-electron chi connectivity index (χ2n) is 9.21. The van der Waals surface area contributed by atoms with E-state index in [1.807, 2.05) is 89.2 Å². The van der Waals surface area contributed by atoms with Gasteiger partial charge in [-0.05, 0) is 42.5 Å². The highest BCUT2D eigenvalue weighted by atomic mass is 32.2. The number of hydrogen-bond donors (Lipinski definition) is 2. The maximum Gasteiger partial charge on any atom is 0.326 e. The number of para-hydroxylation sites is 2. The van der Waals surface area contributed by atoms with E-state index in [1.54, 1.807) is 18.9 Å². The van der Waals surface area contributed by atoms with Crippen molar-refractivity contribution >= 4 is 63.3 Å². The van der Waals surface area contributed by atoms with Crippen molar-refractivity contribution in [2.75, 3.05) is 28.4 Å². The van der Waals surface area contributed by atoms with Crippen LogP contribution < -0.4 is 20.3 Å². The number of thioether (sulfide) groups is 2. The lowest BCUT2D eigenvalue weighted by Crippen LogP contribution is -2.49. The maximum atomic E-state index is 13.6. The minimum absolute atomic E-state index is 0.0736. The summed E-state index contributed by atoms with van der Waals surface area (Å²) in [5.41, 5.74) is 3.19. The van der Waals surface area contributed by atoms with Gasteiger partial charge in [-0.15, -0.1) is 34.9 Å². The number of urea groups is 1. The first kappa shape index (κ1) is 27.2. The van der Waals surface area contributed by atoms with E-state index in [4.69, 9.17) is 4.74 Å². The van der Waals surface area contributed by atoms with E-state index in [0.29, 0.717) is 10.8 Å². The number of ether oxygens (including phenoxy) is 1. The highest BCUT2D eigenvalue weighted by Gasteiger charge is 2.36. The Bertz CT molecular complexity index is 1650. The minimum Gasteiger partial charge on any atom is -0.496 e. The molecule has 10 heteroatoms. The van der Waals surface area contributed by atoms with Gasteiger partial charge in [0.05, 0.1) is 35.5 Å².